The summed E-state index contributed by atoms with van der Waals surface area (Å²) in [6.07, 6.45) is 1.51. The van der Waals surface area contributed by atoms with Crippen LogP contribution in [-0.2, 0) is 7.05 Å². The third-order valence-electron chi connectivity index (χ3n) is 3.09. The summed E-state index contributed by atoms with van der Waals surface area (Å²) in [5, 5.41) is 26.8. The normalized spacial score (nSPS) is 11.0. The van der Waals surface area contributed by atoms with E-state index in [-0.39, 0.29) is 17.1 Å². The van der Waals surface area contributed by atoms with Crippen molar-refractivity contribution in [2.24, 2.45) is 12.1 Å². The first-order chi connectivity index (χ1) is 9.88. The second-order valence-corrected chi connectivity index (χ2v) is 4.65. The maximum atomic E-state index is 11.8. The Balaban J connectivity index is 2.12. The van der Waals surface area contributed by atoms with Crippen LogP contribution in [0.5, 0.6) is 11.5 Å². The number of hydrogen-bond acceptors (Lipinski definition) is 5. The molecular weight excluding hydrogens is 272 g/mol. The molecule has 1 amide bonds. The fourth-order valence-electron chi connectivity index (χ4n) is 1.92. The lowest BCUT2D eigenvalue weighted by molar-refractivity contribution is 0.0954. The summed E-state index contributed by atoms with van der Waals surface area (Å²) in [6, 6.07) is 3.62. The van der Waals surface area contributed by atoms with E-state index in [2.05, 4.69) is 15.6 Å². The number of hydrazone groups is 1. The molecule has 0 bridgehead atoms. The zero-order valence-electron chi connectivity index (χ0n) is 12.0. The maximum Gasteiger partial charge on any atom is 0.271 e. The minimum Gasteiger partial charge on any atom is -0.508 e. The molecule has 2 rings (SSSR count). The van der Waals surface area contributed by atoms with Gasteiger partial charge in [0.15, 0.2) is 0 Å². The van der Waals surface area contributed by atoms with Crippen molar-refractivity contribution < 1.29 is 15.0 Å². The van der Waals surface area contributed by atoms with Gasteiger partial charge in [-0.05, 0) is 26.0 Å². The van der Waals surface area contributed by atoms with Gasteiger partial charge < -0.3 is 10.2 Å². The predicted octanol–water partition coefficient (Wildman–Crippen LogP) is 1.21. The molecule has 1 aromatic carbocycles. The Kier molecular flexibility index (Phi) is 3.93. The van der Waals surface area contributed by atoms with E-state index in [1.807, 2.05) is 20.9 Å². The summed E-state index contributed by atoms with van der Waals surface area (Å²) in [6.45, 7) is 3.75. The van der Waals surface area contributed by atoms with Crippen molar-refractivity contribution >= 4 is 12.1 Å². The molecule has 21 heavy (non-hydrogen) atoms. The lowest BCUT2D eigenvalue weighted by Crippen LogP contribution is -2.17. The van der Waals surface area contributed by atoms with E-state index in [4.69, 9.17) is 0 Å². The Morgan fingerprint density at radius 3 is 2.43 bits per heavy atom. The highest BCUT2D eigenvalue weighted by molar-refractivity contribution is 5.95. The molecule has 2 aromatic rings. The number of rotatable bonds is 3. The third kappa shape index (κ3) is 3.19. The third-order valence-corrected chi connectivity index (χ3v) is 3.09. The van der Waals surface area contributed by atoms with Gasteiger partial charge in [-0.15, -0.1) is 0 Å². The van der Waals surface area contributed by atoms with Crippen molar-refractivity contribution in [1.82, 2.24) is 15.2 Å². The highest BCUT2D eigenvalue weighted by Crippen LogP contribution is 2.20. The first-order valence-electron chi connectivity index (χ1n) is 6.25. The maximum absolute atomic E-state index is 11.8. The molecule has 0 saturated heterocycles. The van der Waals surface area contributed by atoms with Crippen molar-refractivity contribution in [2.45, 2.75) is 13.8 Å². The van der Waals surface area contributed by atoms with Crippen LogP contribution in [0.4, 0.5) is 0 Å². The zero-order valence-corrected chi connectivity index (χ0v) is 12.0. The van der Waals surface area contributed by atoms with Crippen LogP contribution in [-0.4, -0.2) is 32.1 Å². The summed E-state index contributed by atoms with van der Waals surface area (Å²) in [5.41, 5.74) is 5.02. The second kappa shape index (κ2) is 5.66. The van der Waals surface area contributed by atoms with Gasteiger partial charge in [0.05, 0.1) is 11.9 Å². The molecule has 0 aliphatic heterocycles. The molecule has 0 spiro atoms. The molecule has 110 valence electrons. The van der Waals surface area contributed by atoms with Crippen LogP contribution in [0.15, 0.2) is 23.3 Å². The largest absolute Gasteiger partial charge is 0.508 e. The lowest BCUT2D eigenvalue weighted by Gasteiger charge is -2.02. The van der Waals surface area contributed by atoms with Gasteiger partial charge in [-0.2, -0.15) is 10.2 Å². The van der Waals surface area contributed by atoms with Gasteiger partial charge in [-0.1, -0.05) is 0 Å². The average molecular weight is 288 g/mol. The number of aromatic nitrogens is 2. The minimum absolute atomic E-state index is 0.115. The number of benzene rings is 1. The van der Waals surface area contributed by atoms with Crippen molar-refractivity contribution in [3.8, 4) is 11.5 Å². The standard InChI is InChI=1S/C14H16N4O3/c1-8-13(9(2)18(3)17-8)7-15-16-14(21)10-4-11(19)6-12(20)5-10/h4-7,19-20H,1-3H3,(H,16,21). The van der Waals surface area contributed by atoms with Crippen LogP contribution in [0.1, 0.15) is 27.3 Å². The van der Waals surface area contributed by atoms with E-state index in [1.54, 1.807) is 4.68 Å². The molecule has 0 fully saturated rings. The number of carbonyl (C=O) groups excluding carboxylic acids is 1. The zero-order chi connectivity index (χ0) is 15.6. The molecule has 0 radical (unpaired) electrons. The summed E-state index contributed by atoms with van der Waals surface area (Å²) in [4.78, 5) is 11.8. The number of amides is 1. The lowest BCUT2D eigenvalue weighted by atomic mass is 10.2. The quantitative estimate of drug-likeness (QED) is 0.584. The van der Waals surface area contributed by atoms with Crippen LogP contribution < -0.4 is 5.43 Å². The topological polar surface area (TPSA) is 99.7 Å². The van der Waals surface area contributed by atoms with E-state index in [0.717, 1.165) is 23.0 Å². The fourth-order valence-corrected chi connectivity index (χ4v) is 1.92. The van der Waals surface area contributed by atoms with Crippen LogP contribution in [0.2, 0.25) is 0 Å². The summed E-state index contributed by atoms with van der Waals surface area (Å²) in [7, 11) is 1.83. The molecule has 1 aromatic heterocycles. The number of aryl methyl sites for hydroxylation is 2. The molecule has 0 aliphatic carbocycles. The van der Waals surface area contributed by atoms with E-state index < -0.39 is 5.91 Å². The second-order valence-electron chi connectivity index (χ2n) is 4.65. The smallest absolute Gasteiger partial charge is 0.271 e. The summed E-state index contributed by atoms with van der Waals surface area (Å²) >= 11 is 0. The Morgan fingerprint density at radius 2 is 1.90 bits per heavy atom. The monoisotopic (exact) mass is 288 g/mol. The number of phenols is 2. The molecule has 3 N–H and O–H groups in total. The Bertz CT molecular complexity index is 699. The number of aromatic hydroxyl groups is 2. The van der Waals surface area contributed by atoms with Crippen molar-refractivity contribution in [2.75, 3.05) is 0 Å². The molecule has 7 heteroatoms. The molecule has 0 unspecified atom stereocenters. The van der Waals surface area contributed by atoms with Crippen molar-refractivity contribution in [3.05, 3.63) is 40.7 Å². The van der Waals surface area contributed by atoms with Gasteiger partial charge in [0.2, 0.25) is 0 Å². The molecule has 7 nitrogen and oxygen atoms in total. The molecule has 0 saturated carbocycles. The first kappa shape index (κ1) is 14.6. The molecular formula is C14H16N4O3. The van der Waals surface area contributed by atoms with Gasteiger partial charge in [0.1, 0.15) is 11.5 Å². The first-order valence-corrected chi connectivity index (χ1v) is 6.25. The Hall–Kier alpha value is -2.83. The predicted molar refractivity (Wildman–Crippen MR) is 77.5 cm³/mol. The Morgan fingerprint density at radius 1 is 1.29 bits per heavy atom. The highest BCUT2D eigenvalue weighted by Gasteiger charge is 2.09. The van der Waals surface area contributed by atoms with E-state index in [9.17, 15) is 15.0 Å². The Labute approximate surface area is 121 Å². The van der Waals surface area contributed by atoms with Crippen LogP contribution in [0.3, 0.4) is 0 Å². The minimum atomic E-state index is -0.531. The number of nitrogens with zero attached hydrogens (tertiary/aromatic N) is 3. The van der Waals surface area contributed by atoms with E-state index >= 15 is 0 Å². The van der Waals surface area contributed by atoms with Crippen LogP contribution >= 0.6 is 0 Å². The van der Waals surface area contributed by atoms with Gasteiger partial charge >= 0.3 is 0 Å². The van der Waals surface area contributed by atoms with Gasteiger partial charge in [-0.3, -0.25) is 9.48 Å². The van der Waals surface area contributed by atoms with Gasteiger partial charge in [0.25, 0.3) is 5.91 Å². The molecule has 0 aliphatic rings. The summed E-state index contributed by atoms with van der Waals surface area (Å²) in [5.74, 6) is -0.914. The fraction of sp³-hybridized carbons (Fsp3) is 0.214. The SMILES string of the molecule is Cc1nn(C)c(C)c1C=NNC(=O)c1cc(O)cc(O)c1. The van der Waals surface area contributed by atoms with E-state index in [0.29, 0.717) is 0 Å². The summed E-state index contributed by atoms with van der Waals surface area (Å²) < 4.78 is 1.73. The van der Waals surface area contributed by atoms with Gasteiger partial charge in [0, 0.05) is 29.9 Å². The molecule has 1 heterocycles. The van der Waals surface area contributed by atoms with E-state index in [1.165, 1.54) is 18.3 Å². The number of phenolic OH excluding ortho intramolecular Hbond substituents is 2. The van der Waals surface area contributed by atoms with Crippen molar-refractivity contribution in [3.63, 3.8) is 0 Å². The highest BCUT2D eigenvalue weighted by atomic mass is 16.3. The van der Waals surface area contributed by atoms with Crippen LogP contribution in [0, 0.1) is 13.8 Å². The average Bonchev–Trinajstić information content (AvgIpc) is 2.63. The number of hydrogen-bond donors (Lipinski definition) is 3. The van der Waals surface area contributed by atoms with Crippen molar-refractivity contribution in [1.29, 1.82) is 0 Å². The number of nitrogens with one attached hydrogen (secondary N) is 1. The van der Waals surface area contributed by atoms with Gasteiger partial charge in [-0.25, -0.2) is 5.43 Å². The van der Waals surface area contributed by atoms with Crippen LogP contribution in [0.25, 0.3) is 0 Å². The molecule has 0 atom stereocenters. The number of carbonyl (C=O) groups is 1.